The number of rotatable bonds is 9. The predicted molar refractivity (Wildman–Crippen MR) is 114 cm³/mol. The number of halogens is 2. The Hall–Kier alpha value is -2.40. The maximum absolute atomic E-state index is 13.2. The predicted octanol–water partition coefficient (Wildman–Crippen LogP) is 4.60. The van der Waals surface area contributed by atoms with Crippen LogP contribution in [-0.2, 0) is 22.6 Å². The van der Waals surface area contributed by atoms with Crippen molar-refractivity contribution >= 4 is 23.4 Å². The molecule has 2 amide bonds. The lowest BCUT2D eigenvalue weighted by Gasteiger charge is -2.31. The molecule has 2 aromatic rings. The number of nitrogens with one attached hydrogen (secondary N) is 1. The van der Waals surface area contributed by atoms with E-state index in [1.165, 1.54) is 12.1 Å². The summed E-state index contributed by atoms with van der Waals surface area (Å²) in [5.74, 6) is -0.430. The Balaban J connectivity index is 2.27. The maximum atomic E-state index is 13.2. The van der Waals surface area contributed by atoms with E-state index in [0.717, 1.165) is 5.56 Å². The minimum Gasteiger partial charge on any atom is -0.354 e. The van der Waals surface area contributed by atoms with Crippen LogP contribution in [0.1, 0.15) is 38.3 Å². The van der Waals surface area contributed by atoms with Crippen LogP contribution in [0, 0.1) is 11.7 Å². The molecule has 156 valence electrons. The van der Waals surface area contributed by atoms with E-state index < -0.39 is 6.04 Å². The van der Waals surface area contributed by atoms with Crippen molar-refractivity contribution in [1.82, 2.24) is 10.2 Å². The summed E-state index contributed by atoms with van der Waals surface area (Å²) in [6.07, 6.45) is 0.558. The summed E-state index contributed by atoms with van der Waals surface area (Å²) in [4.78, 5) is 27.5. The zero-order valence-corrected chi connectivity index (χ0v) is 17.9. The fourth-order valence-electron chi connectivity index (χ4n) is 3.03. The van der Waals surface area contributed by atoms with Crippen molar-refractivity contribution < 1.29 is 14.0 Å². The molecule has 0 unspecified atom stereocenters. The highest BCUT2D eigenvalue weighted by Crippen LogP contribution is 2.20. The highest BCUT2D eigenvalue weighted by atomic mass is 35.5. The molecule has 0 saturated heterocycles. The molecule has 29 heavy (non-hydrogen) atoms. The molecule has 0 heterocycles. The number of carbonyl (C=O) groups excluding carboxylic acids is 2. The van der Waals surface area contributed by atoms with Gasteiger partial charge in [-0.25, -0.2) is 4.39 Å². The van der Waals surface area contributed by atoms with Crippen molar-refractivity contribution in [1.29, 1.82) is 0 Å². The molecule has 2 aromatic carbocycles. The van der Waals surface area contributed by atoms with Gasteiger partial charge in [0.1, 0.15) is 11.9 Å². The number of carbonyl (C=O) groups is 2. The van der Waals surface area contributed by atoms with Crippen LogP contribution in [0.25, 0.3) is 0 Å². The van der Waals surface area contributed by atoms with Gasteiger partial charge in [-0.1, -0.05) is 62.7 Å². The van der Waals surface area contributed by atoms with Crippen molar-refractivity contribution in [3.63, 3.8) is 0 Å². The first-order valence-electron chi connectivity index (χ1n) is 9.86. The molecule has 0 spiro atoms. The molecule has 2 rings (SSSR count). The average molecular weight is 419 g/mol. The second-order valence-corrected chi connectivity index (χ2v) is 7.89. The van der Waals surface area contributed by atoms with Gasteiger partial charge in [-0.05, 0) is 41.7 Å². The lowest BCUT2D eigenvalue weighted by Crippen LogP contribution is -2.50. The summed E-state index contributed by atoms with van der Waals surface area (Å²) in [5.41, 5.74) is 1.47. The second-order valence-electron chi connectivity index (χ2n) is 7.48. The molecule has 0 aliphatic carbocycles. The van der Waals surface area contributed by atoms with Gasteiger partial charge in [-0.15, -0.1) is 0 Å². The van der Waals surface area contributed by atoms with Crippen LogP contribution < -0.4 is 5.32 Å². The van der Waals surface area contributed by atoms with Crippen molar-refractivity contribution in [2.75, 3.05) is 6.54 Å². The van der Waals surface area contributed by atoms with Gasteiger partial charge in [0.15, 0.2) is 0 Å². The number of benzene rings is 2. The van der Waals surface area contributed by atoms with Gasteiger partial charge in [0.25, 0.3) is 0 Å². The van der Waals surface area contributed by atoms with E-state index in [2.05, 4.69) is 5.32 Å². The van der Waals surface area contributed by atoms with Gasteiger partial charge in [-0.3, -0.25) is 9.59 Å². The average Bonchev–Trinajstić information content (AvgIpc) is 2.69. The third-order valence-electron chi connectivity index (χ3n) is 4.64. The molecular weight excluding hydrogens is 391 g/mol. The molecule has 0 radical (unpaired) electrons. The lowest BCUT2D eigenvalue weighted by atomic mass is 10.1. The number of amides is 2. The molecule has 1 N–H and O–H groups in total. The molecule has 1 atom stereocenters. The number of hydrogen-bond donors (Lipinski definition) is 1. The largest absolute Gasteiger partial charge is 0.354 e. The maximum Gasteiger partial charge on any atom is 0.242 e. The molecular formula is C23H28ClFN2O2. The fraction of sp³-hybridized carbons (Fsp3) is 0.391. The summed E-state index contributed by atoms with van der Waals surface area (Å²) in [5, 5.41) is 3.47. The third-order valence-corrected chi connectivity index (χ3v) is 5.01. The molecule has 0 aliphatic heterocycles. The Morgan fingerprint density at radius 3 is 2.34 bits per heavy atom. The summed E-state index contributed by atoms with van der Waals surface area (Å²) in [6, 6.07) is 12.5. The zero-order valence-electron chi connectivity index (χ0n) is 17.1. The smallest absolute Gasteiger partial charge is 0.242 e. The SMILES string of the molecule is CC[C@H](C(=O)NCC(C)C)N(Cc1ccccc1Cl)C(=O)Cc1ccc(F)cc1. The van der Waals surface area contributed by atoms with Gasteiger partial charge in [0.05, 0.1) is 6.42 Å². The summed E-state index contributed by atoms with van der Waals surface area (Å²) < 4.78 is 13.2. The third kappa shape index (κ3) is 6.86. The van der Waals surface area contributed by atoms with Crippen LogP contribution in [0.5, 0.6) is 0 Å². The van der Waals surface area contributed by atoms with E-state index in [1.807, 2.05) is 39.0 Å². The lowest BCUT2D eigenvalue weighted by molar-refractivity contribution is -0.141. The van der Waals surface area contributed by atoms with Crippen molar-refractivity contribution in [2.24, 2.45) is 5.92 Å². The van der Waals surface area contributed by atoms with Crippen molar-refractivity contribution in [2.45, 2.75) is 46.2 Å². The first kappa shape index (κ1) is 22.9. The molecule has 4 nitrogen and oxygen atoms in total. The molecule has 0 fully saturated rings. The number of hydrogen-bond acceptors (Lipinski definition) is 2. The topological polar surface area (TPSA) is 49.4 Å². The normalized spacial score (nSPS) is 11.9. The van der Waals surface area contributed by atoms with E-state index in [1.54, 1.807) is 23.1 Å². The van der Waals surface area contributed by atoms with Crippen molar-refractivity contribution in [3.8, 4) is 0 Å². The van der Waals surface area contributed by atoms with Crippen LogP contribution in [-0.4, -0.2) is 29.3 Å². The molecule has 0 bridgehead atoms. The monoisotopic (exact) mass is 418 g/mol. The van der Waals surface area contributed by atoms with E-state index in [4.69, 9.17) is 11.6 Å². The van der Waals surface area contributed by atoms with Gasteiger partial charge in [0, 0.05) is 18.1 Å². The van der Waals surface area contributed by atoms with Gasteiger partial charge in [0.2, 0.25) is 11.8 Å². The Morgan fingerprint density at radius 2 is 1.76 bits per heavy atom. The fourth-order valence-corrected chi connectivity index (χ4v) is 3.23. The van der Waals surface area contributed by atoms with E-state index in [9.17, 15) is 14.0 Å². The van der Waals surface area contributed by atoms with Crippen molar-refractivity contribution in [3.05, 3.63) is 70.5 Å². The summed E-state index contributed by atoms with van der Waals surface area (Å²) >= 11 is 6.30. The Bertz CT molecular complexity index is 824. The molecule has 0 aromatic heterocycles. The molecule has 0 aliphatic rings. The van der Waals surface area contributed by atoms with Crippen LogP contribution in [0.15, 0.2) is 48.5 Å². The molecule has 0 saturated carbocycles. The van der Waals surface area contributed by atoms with Gasteiger partial charge in [-0.2, -0.15) is 0 Å². The summed E-state index contributed by atoms with van der Waals surface area (Å²) in [7, 11) is 0. The Labute approximate surface area is 177 Å². The quantitative estimate of drug-likeness (QED) is 0.646. The highest BCUT2D eigenvalue weighted by molar-refractivity contribution is 6.31. The van der Waals surface area contributed by atoms with Gasteiger partial charge >= 0.3 is 0 Å². The van der Waals surface area contributed by atoms with Gasteiger partial charge < -0.3 is 10.2 Å². The van der Waals surface area contributed by atoms with E-state index in [-0.39, 0.29) is 30.6 Å². The van der Waals surface area contributed by atoms with Crippen LogP contribution >= 0.6 is 11.6 Å². The van der Waals surface area contributed by atoms with Crippen LogP contribution in [0.2, 0.25) is 5.02 Å². The van der Waals surface area contributed by atoms with E-state index in [0.29, 0.717) is 29.5 Å². The first-order valence-corrected chi connectivity index (χ1v) is 10.2. The first-order chi connectivity index (χ1) is 13.8. The second kappa shape index (κ2) is 11.0. The van der Waals surface area contributed by atoms with E-state index >= 15 is 0 Å². The highest BCUT2D eigenvalue weighted by Gasteiger charge is 2.29. The Morgan fingerprint density at radius 1 is 1.10 bits per heavy atom. The minimum absolute atomic E-state index is 0.0820. The summed E-state index contributed by atoms with van der Waals surface area (Å²) in [6.45, 7) is 6.68. The Kier molecular flexibility index (Phi) is 8.65. The van der Waals surface area contributed by atoms with Crippen LogP contribution in [0.4, 0.5) is 4.39 Å². The van der Waals surface area contributed by atoms with Crippen LogP contribution in [0.3, 0.4) is 0 Å². The molecule has 6 heteroatoms. The standard InChI is InChI=1S/C23H28ClFN2O2/c1-4-21(23(29)26-14-16(2)3)27(15-18-7-5-6-8-20(18)24)22(28)13-17-9-11-19(25)12-10-17/h5-12,16,21H,4,13-15H2,1-3H3,(H,26,29)/t21-/m1/s1. The zero-order chi connectivity index (χ0) is 21.4. The number of nitrogens with zero attached hydrogens (tertiary/aromatic N) is 1. The minimum atomic E-state index is -0.613.